The fourth-order valence-corrected chi connectivity index (χ4v) is 1.54. The van der Waals surface area contributed by atoms with Crippen LogP contribution in [0.4, 0.5) is 4.39 Å². The number of halogens is 1. The average Bonchev–Trinajstić information content (AvgIpc) is 2.36. The molecular formula is C13H21FN2O. The second kappa shape index (κ2) is 5.98. The van der Waals surface area contributed by atoms with Gasteiger partial charge in [0.05, 0.1) is 7.11 Å². The Balaban J connectivity index is 2.81. The summed E-state index contributed by atoms with van der Waals surface area (Å²) in [5.41, 5.74) is 6.07. The van der Waals surface area contributed by atoms with Crippen molar-refractivity contribution in [1.82, 2.24) is 5.32 Å². The predicted octanol–water partition coefficient (Wildman–Crippen LogP) is 2.05. The van der Waals surface area contributed by atoms with Gasteiger partial charge in [0.25, 0.3) is 0 Å². The Morgan fingerprint density at radius 3 is 2.71 bits per heavy atom. The Hall–Kier alpha value is -1.13. The molecule has 0 aliphatic heterocycles. The van der Waals surface area contributed by atoms with Crippen LogP contribution < -0.4 is 15.8 Å². The third-order valence-corrected chi connectivity index (χ3v) is 3.22. The van der Waals surface area contributed by atoms with Crippen LogP contribution >= 0.6 is 0 Å². The number of nitrogens with two attached hydrogens (primary N) is 1. The maximum Gasteiger partial charge on any atom is 0.131 e. The fraction of sp³-hybridized carbons (Fsp3) is 0.538. The highest BCUT2D eigenvalue weighted by molar-refractivity contribution is 5.34. The highest BCUT2D eigenvalue weighted by atomic mass is 19.1. The van der Waals surface area contributed by atoms with E-state index in [-0.39, 0.29) is 11.4 Å². The molecule has 1 aromatic carbocycles. The molecule has 0 aliphatic carbocycles. The molecule has 1 unspecified atom stereocenters. The summed E-state index contributed by atoms with van der Waals surface area (Å²) in [7, 11) is 1.54. The lowest BCUT2D eigenvalue weighted by Crippen LogP contribution is -2.47. The lowest BCUT2D eigenvalue weighted by molar-refractivity contribution is 0.339. The van der Waals surface area contributed by atoms with Crippen molar-refractivity contribution in [1.29, 1.82) is 0 Å². The van der Waals surface area contributed by atoms with Crippen LogP contribution in [0.1, 0.15) is 25.8 Å². The van der Waals surface area contributed by atoms with E-state index in [4.69, 9.17) is 10.5 Å². The Morgan fingerprint density at radius 2 is 2.18 bits per heavy atom. The minimum absolute atomic E-state index is 0.173. The quantitative estimate of drug-likeness (QED) is 0.800. The molecule has 0 saturated heterocycles. The summed E-state index contributed by atoms with van der Waals surface area (Å²) in [5, 5.41) is 3.28. The highest BCUT2D eigenvalue weighted by Gasteiger charge is 2.20. The van der Waals surface area contributed by atoms with Crippen LogP contribution in [0.25, 0.3) is 0 Å². The van der Waals surface area contributed by atoms with Crippen molar-refractivity contribution in [2.45, 2.75) is 32.4 Å². The zero-order valence-electron chi connectivity index (χ0n) is 10.7. The van der Waals surface area contributed by atoms with Gasteiger partial charge in [0, 0.05) is 24.2 Å². The number of rotatable bonds is 6. The number of nitrogens with one attached hydrogen (secondary N) is 1. The van der Waals surface area contributed by atoms with Crippen LogP contribution in [0.15, 0.2) is 18.2 Å². The first kappa shape index (κ1) is 13.9. The molecule has 3 nitrogen and oxygen atoms in total. The first-order valence-electron chi connectivity index (χ1n) is 5.82. The summed E-state index contributed by atoms with van der Waals surface area (Å²) < 4.78 is 18.8. The molecule has 0 amide bonds. The third kappa shape index (κ3) is 3.41. The van der Waals surface area contributed by atoms with Crippen LogP contribution in [0.5, 0.6) is 5.75 Å². The van der Waals surface area contributed by atoms with Crippen molar-refractivity contribution in [2.24, 2.45) is 5.73 Å². The van der Waals surface area contributed by atoms with Crippen LogP contribution in [-0.2, 0) is 6.54 Å². The largest absolute Gasteiger partial charge is 0.496 e. The minimum Gasteiger partial charge on any atom is -0.496 e. The van der Waals surface area contributed by atoms with Gasteiger partial charge < -0.3 is 15.8 Å². The van der Waals surface area contributed by atoms with Crippen molar-refractivity contribution in [2.75, 3.05) is 13.7 Å². The molecule has 4 heteroatoms. The van der Waals surface area contributed by atoms with E-state index in [1.807, 2.05) is 6.92 Å². The average molecular weight is 240 g/mol. The van der Waals surface area contributed by atoms with Crippen molar-refractivity contribution >= 4 is 0 Å². The van der Waals surface area contributed by atoms with E-state index in [2.05, 4.69) is 12.2 Å². The number of hydrogen-bond acceptors (Lipinski definition) is 3. The van der Waals surface area contributed by atoms with Crippen LogP contribution in [0.2, 0.25) is 0 Å². The van der Waals surface area contributed by atoms with Gasteiger partial charge in [-0.05, 0) is 25.5 Å². The molecule has 0 fully saturated rings. The Morgan fingerprint density at radius 1 is 1.47 bits per heavy atom. The van der Waals surface area contributed by atoms with E-state index in [1.165, 1.54) is 6.07 Å². The molecule has 17 heavy (non-hydrogen) atoms. The molecule has 0 spiro atoms. The summed E-state index contributed by atoms with van der Waals surface area (Å²) >= 11 is 0. The van der Waals surface area contributed by atoms with E-state index in [0.29, 0.717) is 24.4 Å². The van der Waals surface area contributed by atoms with Gasteiger partial charge in [0.1, 0.15) is 11.6 Å². The van der Waals surface area contributed by atoms with Crippen LogP contribution in [0.3, 0.4) is 0 Å². The molecule has 0 saturated carbocycles. The third-order valence-electron chi connectivity index (χ3n) is 3.22. The van der Waals surface area contributed by atoms with Gasteiger partial charge in [-0.25, -0.2) is 4.39 Å². The van der Waals surface area contributed by atoms with Crippen molar-refractivity contribution in [3.63, 3.8) is 0 Å². The van der Waals surface area contributed by atoms with Gasteiger partial charge >= 0.3 is 0 Å². The maximum atomic E-state index is 13.7. The summed E-state index contributed by atoms with van der Waals surface area (Å²) in [4.78, 5) is 0. The highest BCUT2D eigenvalue weighted by Crippen LogP contribution is 2.22. The molecule has 0 aliphatic rings. The molecule has 0 radical (unpaired) electrons. The van der Waals surface area contributed by atoms with E-state index < -0.39 is 0 Å². The molecule has 0 bridgehead atoms. The van der Waals surface area contributed by atoms with Crippen molar-refractivity contribution in [3.05, 3.63) is 29.6 Å². The summed E-state index contributed by atoms with van der Waals surface area (Å²) in [6.07, 6.45) is 0.889. The Labute approximate surface area is 102 Å². The fourth-order valence-electron chi connectivity index (χ4n) is 1.54. The van der Waals surface area contributed by atoms with Gasteiger partial charge in [-0.2, -0.15) is 0 Å². The lowest BCUT2D eigenvalue weighted by atomic mass is 9.98. The topological polar surface area (TPSA) is 47.3 Å². The monoisotopic (exact) mass is 240 g/mol. The second-order valence-electron chi connectivity index (χ2n) is 4.39. The van der Waals surface area contributed by atoms with Gasteiger partial charge in [0.15, 0.2) is 0 Å². The first-order valence-corrected chi connectivity index (χ1v) is 5.82. The van der Waals surface area contributed by atoms with Crippen LogP contribution in [0, 0.1) is 5.82 Å². The number of hydrogen-bond donors (Lipinski definition) is 2. The summed E-state index contributed by atoms with van der Waals surface area (Å²) in [6, 6.07) is 4.83. The zero-order valence-corrected chi connectivity index (χ0v) is 10.7. The molecule has 0 heterocycles. The van der Waals surface area contributed by atoms with Gasteiger partial charge in [-0.15, -0.1) is 0 Å². The van der Waals surface area contributed by atoms with E-state index in [1.54, 1.807) is 19.2 Å². The van der Waals surface area contributed by atoms with Gasteiger partial charge in [-0.3, -0.25) is 0 Å². The molecule has 1 aromatic rings. The van der Waals surface area contributed by atoms with E-state index in [0.717, 1.165) is 6.42 Å². The second-order valence-corrected chi connectivity index (χ2v) is 4.39. The SMILES string of the molecule is CCC(C)(CN)NCc1c(F)cccc1OC. The normalized spacial score (nSPS) is 14.4. The maximum absolute atomic E-state index is 13.7. The number of methoxy groups -OCH3 is 1. The van der Waals surface area contributed by atoms with Crippen LogP contribution in [-0.4, -0.2) is 19.2 Å². The zero-order chi connectivity index (χ0) is 12.9. The molecular weight excluding hydrogens is 219 g/mol. The minimum atomic E-state index is -0.257. The number of benzene rings is 1. The Kier molecular flexibility index (Phi) is 4.90. The van der Waals surface area contributed by atoms with E-state index in [9.17, 15) is 4.39 Å². The lowest BCUT2D eigenvalue weighted by Gasteiger charge is -2.28. The Bertz CT molecular complexity index is 364. The molecule has 1 rings (SSSR count). The predicted molar refractivity (Wildman–Crippen MR) is 67.5 cm³/mol. The molecule has 1 atom stereocenters. The van der Waals surface area contributed by atoms with Gasteiger partial charge in [0.2, 0.25) is 0 Å². The smallest absolute Gasteiger partial charge is 0.131 e. The molecule has 3 N–H and O–H groups in total. The van der Waals surface area contributed by atoms with Crippen molar-refractivity contribution < 1.29 is 9.13 Å². The molecule has 0 aromatic heterocycles. The standard InChI is InChI=1S/C13H21FN2O/c1-4-13(2,9-15)16-8-10-11(14)6-5-7-12(10)17-3/h5-7,16H,4,8-9,15H2,1-3H3. The summed E-state index contributed by atoms with van der Waals surface area (Å²) in [5.74, 6) is 0.306. The molecule has 96 valence electrons. The van der Waals surface area contributed by atoms with Crippen molar-refractivity contribution in [3.8, 4) is 5.75 Å². The number of ether oxygens (including phenoxy) is 1. The first-order chi connectivity index (χ1) is 8.06. The summed E-state index contributed by atoms with van der Waals surface area (Å²) in [6.45, 7) is 5.01. The van der Waals surface area contributed by atoms with E-state index >= 15 is 0 Å². The van der Waals surface area contributed by atoms with Gasteiger partial charge in [-0.1, -0.05) is 13.0 Å².